The van der Waals surface area contributed by atoms with E-state index in [0.29, 0.717) is 11.4 Å². The van der Waals surface area contributed by atoms with Crippen LogP contribution in [0.5, 0.6) is 0 Å². The standard InChI is InChI=1S/C15H14F3N3O2/c16-15(17,18)12-5-2-6-19-13(12)8-20-10-3-1-4-11(7-10)21-14(23)9-22/h1-7,20,22H,8-9H2,(H,21,23). The van der Waals surface area contributed by atoms with Crippen LogP contribution >= 0.6 is 0 Å². The van der Waals surface area contributed by atoms with Gasteiger partial charge in [-0.3, -0.25) is 9.78 Å². The average molecular weight is 325 g/mol. The maximum Gasteiger partial charge on any atom is 0.418 e. The molecule has 8 heteroatoms. The Morgan fingerprint density at radius 2 is 1.91 bits per heavy atom. The summed E-state index contributed by atoms with van der Waals surface area (Å²) in [6.45, 7) is -0.770. The van der Waals surface area contributed by atoms with Gasteiger partial charge in [0, 0.05) is 17.6 Å². The number of halogens is 3. The van der Waals surface area contributed by atoms with Crippen molar-refractivity contribution in [3.8, 4) is 0 Å². The molecule has 5 nitrogen and oxygen atoms in total. The van der Waals surface area contributed by atoms with Gasteiger partial charge in [-0.2, -0.15) is 13.2 Å². The van der Waals surface area contributed by atoms with E-state index in [-0.39, 0.29) is 12.2 Å². The van der Waals surface area contributed by atoms with Gasteiger partial charge in [0.2, 0.25) is 5.91 Å². The number of pyridine rings is 1. The molecule has 2 aromatic rings. The molecule has 0 atom stereocenters. The highest BCUT2D eigenvalue weighted by molar-refractivity contribution is 5.91. The molecule has 0 aliphatic carbocycles. The minimum atomic E-state index is -4.47. The first-order valence-electron chi connectivity index (χ1n) is 6.66. The lowest BCUT2D eigenvalue weighted by Crippen LogP contribution is -2.15. The smallest absolute Gasteiger partial charge is 0.387 e. The number of nitrogens with zero attached hydrogens (tertiary/aromatic N) is 1. The van der Waals surface area contributed by atoms with E-state index in [9.17, 15) is 18.0 Å². The van der Waals surface area contributed by atoms with Gasteiger partial charge in [0.1, 0.15) is 6.61 Å². The van der Waals surface area contributed by atoms with Crippen LogP contribution < -0.4 is 10.6 Å². The molecule has 0 aliphatic heterocycles. The number of carbonyl (C=O) groups excluding carboxylic acids is 1. The van der Waals surface area contributed by atoms with Gasteiger partial charge in [0.05, 0.1) is 17.8 Å². The summed E-state index contributed by atoms with van der Waals surface area (Å²) in [6, 6.07) is 8.62. The first-order valence-corrected chi connectivity index (χ1v) is 6.66. The van der Waals surface area contributed by atoms with Gasteiger partial charge in [0.25, 0.3) is 0 Å². The molecule has 1 aromatic heterocycles. The molecule has 122 valence electrons. The number of anilines is 2. The Hall–Kier alpha value is -2.61. The molecule has 0 radical (unpaired) electrons. The third-order valence-electron chi connectivity index (χ3n) is 2.95. The number of hydrogen-bond donors (Lipinski definition) is 3. The van der Waals surface area contributed by atoms with E-state index in [2.05, 4.69) is 15.6 Å². The fourth-order valence-electron chi connectivity index (χ4n) is 1.93. The first-order chi connectivity index (χ1) is 10.9. The summed E-state index contributed by atoms with van der Waals surface area (Å²) in [5.41, 5.74) is 0.0210. The predicted octanol–water partition coefficient (Wildman–Crippen LogP) is 2.64. The van der Waals surface area contributed by atoms with Gasteiger partial charge in [-0.1, -0.05) is 6.07 Å². The average Bonchev–Trinajstić information content (AvgIpc) is 2.52. The summed E-state index contributed by atoms with van der Waals surface area (Å²) in [4.78, 5) is 14.9. The number of rotatable bonds is 5. The molecular weight excluding hydrogens is 311 g/mol. The van der Waals surface area contributed by atoms with Gasteiger partial charge in [-0.05, 0) is 30.3 Å². The third kappa shape index (κ3) is 4.68. The maximum atomic E-state index is 12.9. The lowest BCUT2D eigenvalue weighted by atomic mass is 10.2. The molecule has 0 bridgehead atoms. The number of aliphatic hydroxyl groups excluding tert-OH is 1. The second-order valence-corrected chi connectivity index (χ2v) is 4.64. The number of nitrogens with one attached hydrogen (secondary N) is 2. The lowest BCUT2D eigenvalue weighted by Gasteiger charge is -2.13. The molecule has 1 amide bonds. The first kappa shape index (κ1) is 16.8. The van der Waals surface area contributed by atoms with Crippen molar-refractivity contribution in [1.29, 1.82) is 0 Å². The van der Waals surface area contributed by atoms with Crippen molar-refractivity contribution in [1.82, 2.24) is 4.98 Å². The Bertz CT molecular complexity index is 690. The highest BCUT2D eigenvalue weighted by Crippen LogP contribution is 2.31. The van der Waals surface area contributed by atoms with E-state index in [1.807, 2.05) is 0 Å². The summed E-state index contributed by atoms with van der Waals surface area (Å²) < 4.78 is 38.6. The minimum Gasteiger partial charge on any atom is -0.387 e. The Balaban J connectivity index is 2.10. The van der Waals surface area contributed by atoms with Gasteiger partial charge < -0.3 is 15.7 Å². The summed E-state index contributed by atoms with van der Waals surface area (Å²) >= 11 is 0. The highest BCUT2D eigenvalue weighted by Gasteiger charge is 2.33. The SMILES string of the molecule is O=C(CO)Nc1cccc(NCc2ncccc2C(F)(F)F)c1. The summed E-state index contributed by atoms with van der Waals surface area (Å²) in [6.07, 6.45) is -3.17. The molecule has 2 rings (SSSR count). The molecule has 3 N–H and O–H groups in total. The van der Waals surface area contributed by atoms with Crippen molar-refractivity contribution in [2.45, 2.75) is 12.7 Å². The molecule has 0 saturated carbocycles. The monoisotopic (exact) mass is 325 g/mol. The number of amides is 1. The van der Waals surface area contributed by atoms with E-state index in [0.717, 1.165) is 6.07 Å². The quantitative estimate of drug-likeness (QED) is 0.790. The second kappa shape index (κ2) is 7.10. The van der Waals surface area contributed by atoms with Crippen molar-refractivity contribution in [2.24, 2.45) is 0 Å². The maximum absolute atomic E-state index is 12.9. The topological polar surface area (TPSA) is 74.2 Å². The highest BCUT2D eigenvalue weighted by atomic mass is 19.4. The molecule has 23 heavy (non-hydrogen) atoms. The van der Waals surface area contributed by atoms with Gasteiger partial charge in [0.15, 0.2) is 0 Å². The number of carbonyl (C=O) groups is 1. The largest absolute Gasteiger partial charge is 0.418 e. The third-order valence-corrected chi connectivity index (χ3v) is 2.95. The van der Waals surface area contributed by atoms with Crippen molar-refractivity contribution in [3.63, 3.8) is 0 Å². The number of aromatic nitrogens is 1. The molecule has 0 spiro atoms. The molecule has 0 fully saturated rings. The Kier molecular flexibility index (Phi) is 5.17. The normalized spacial score (nSPS) is 11.1. The molecule has 1 aromatic carbocycles. The van der Waals surface area contributed by atoms with E-state index < -0.39 is 24.3 Å². The molecule has 1 heterocycles. The van der Waals surface area contributed by atoms with Crippen LogP contribution in [0.15, 0.2) is 42.6 Å². The molecular formula is C15H14F3N3O2. The van der Waals surface area contributed by atoms with Crippen LogP contribution in [-0.4, -0.2) is 22.6 Å². The predicted molar refractivity (Wildman–Crippen MR) is 78.7 cm³/mol. The van der Waals surface area contributed by atoms with Crippen LogP contribution in [0.2, 0.25) is 0 Å². The van der Waals surface area contributed by atoms with Crippen LogP contribution in [0.4, 0.5) is 24.5 Å². The van der Waals surface area contributed by atoms with E-state index in [1.54, 1.807) is 24.3 Å². The van der Waals surface area contributed by atoms with Crippen molar-refractivity contribution >= 4 is 17.3 Å². The Labute approximate surface area is 130 Å². The Morgan fingerprint density at radius 1 is 1.17 bits per heavy atom. The van der Waals surface area contributed by atoms with E-state index >= 15 is 0 Å². The number of benzene rings is 1. The zero-order valence-electron chi connectivity index (χ0n) is 11.9. The van der Waals surface area contributed by atoms with Crippen LogP contribution in [0.3, 0.4) is 0 Å². The number of alkyl halides is 3. The lowest BCUT2D eigenvalue weighted by molar-refractivity contribution is -0.138. The number of hydrogen-bond acceptors (Lipinski definition) is 4. The zero-order valence-corrected chi connectivity index (χ0v) is 11.9. The minimum absolute atomic E-state index is 0.118. The van der Waals surface area contributed by atoms with Crippen molar-refractivity contribution in [3.05, 3.63) is 53.9 Å². The fraction of sp³-hybridized carbons (Fsp3) is 0.200. The van der Waals surface area contributed by atoms with Gasteiger partial charge >= 0.3 is 6.18 Å². The van der Waals surface area contributed by atoms with E-state index in [1.165, 1.54) is 12.3 Å². The summed E-state index contributed by atoms with van der Waals surface area (Å²) in [5.74, 6) is -0.578. The van der Waals surface area contributed by atoms with E-state index in [4.69, 9.17) is 5.11 Å². The van der Waals surface area contributed by atoms with Crippen LogP contribution in [0.25, 0.3) is 0 Å². The van der Waals surface area contributed by atoms with Crippen molar-refractivity contribution in [2.75, 3.05) is 17.2 Å². The Morgan fingerprint density at radius 3 is 2.61 bits per heavy atom. The zero-order chi connectivity index (χ0) is 16.9. The van der Waals surface area contributed by atoms with Crippen LogP contribution in [0.1, 0.15) is 11.3 Å². The van der Waals surface area contributed by atoms with Crippen LogP contribution in [0, 0.1) is 0 Å². The molecule has 0 aliphatic rings. The fourth-order valence-corrected chi connectivity index (χ4v) is 1.93. The number of aliphatic hydroxyl groups is 1. The second-order valence-electron chi connectivity index (χ2n) is 4.64. The molecule has 0 saturated heterocycles. The van der Waals surface area contributed by atoms with Gasteiger partial charge in [-0.15, -0.1) is 0 Å². The van der Waals surface area contributed by atoms with Crippen LogP contribution in [-0.2, 0) is 17.5 Å². The summed E-state index contributed by atoms with van der Waals surface area (Å²) in [5, 5.41) is 14.0. The summed E-state index contributed by atoms with van der Waals surface area (Å²) in [7, 11) is 0. The van der Waals surface area contributed by atoms with Crippen molar-refractivity contribution < 1.29 is 23.1 Å². The molecule has 0 unspecified atom stereocenters. The van der Waals surface area contributed by atoms with Gasteiger partial charge in [-0.25, -0.2) is 0 Å².